The van der Waals surface area contributed by atoms with Gasteiger partial charge in [-0.2, -0.15) is 0 Å². The third-order valence-corrected chi connectivity index (χ3v) is 3.28. The lowest BCUT2D eigenvalue weighted by molar-refractivity contribution is -0.134. The van der Waals surface area contributed by atoms with Crippen molar-refractivity contribution in [3.05, 3.63) is 0 Å². The molecule has 0 spiro atoms. The monoisotopic (exact) mass is 212 g/mol. The quantitative estimate of drug-likeness (QED) is 0.722. The second-order valence-corrected chi connectivity index (χ2v) is 4.59. The van der Waals surface area contributed by atoms with Crippen LogP contribution in [-0.2, 0) is 4.79 Å². The Bertz CT molecular complexity index is 186. The Balaban J connectivity index is 2.35. The topological polar surface area (TPSA) is 46.3 Å². The first-order valence-corrected chi connectivity index (χ1v) is 6.20. The summed E-state index contributed by atoms with van der Waals surface area (Å²) < 4.78 is 0. The molecule has 0 aromatic heterocycles. The Morgan fingerprint density at radius 1 is 1.27 bits per heavy atom. The molecule has 2 N–H and O–H groups in total. The van der Waals surface area contributed by atoms with Crippen LogP contribution in [0.5, 0.6) is 0 Å². The third-order valence-electron chi connectivity index (χ3n) is 3.28. The molecule has 15 heavy (non-hydrogen) atoms. The molecule has 1 saturated carbocycles. The van der Waals surface area contributed by atoms with Crippen molar-refractivity contribution in [3.63, 3.8) is 0 Å². The molecule has 1 fully saturated rings. The van der Waals surface area contributed by atoms with Gasteiger partial charge in [0.2, 0.25) is 5.91 Å². The van der Waals surface area contributed by atoms with Gasteiger partial charge in [0.25, 0.3) is 0 Å². The molecule has 0 saturated heterocycles. The van der Waals surface area contributed by atoms with Crippen LogP contribution in [-0.4, -0.2) is 30.9 Å². The van der Waals surface area contributed by atoms with Crippen molar-refractivity contribution in [1.82, 2.24) is 4.90 Å². The molecule has 0 bridgehead atoms. The van der Waals surface area contributed by atoms with Crippen molar-refractivity contribution in [3.8, 4) is 0 Å². The van der Waals surface area contributed by atoms with Crippen LogP contribution in [0.25, 0.3) is 0 Å². The highest BCUT2D eigenvalue weighted by Gasteiger charge is 2.22. The number of amides is 1. The van der Waals surface area contributed by atoms with E-state index < -0.39 is 0 Å². The lowest BCUT2D eigenvalue weighted by Crippen LogP contribution is -2.34. The lowest BCUT2D eigenvalue weighted by Gasteiger charge is -2.22. The van der Waals surface area contributed by atoms with Gasteiger partial charge in [-0.15, -0.1) is 0 Å². The minimum Gasteiger partial charge on any atom is -0.345 e. The number of carbonyl (C=O) groups is 1. The Morgan fingerprint density at radius 2 is 1.87 bits per heavy atom. The zero-order chi connectivity index (χ0) is 11.1. The van der Waals surface area contributed by atoms with E-state index in [0.29, 0.717) is 12.5 Å². The van der Waals surface area contributed by atoms with Crippen LogP contribution in [0.2, 0.25) is 0 Å². The molecule has 1 rings (SSSR count). The fraction of sp³-hybridized carbons (Fsp3) is 0.917. The van der Waals surface area contributed by atoms with Gasteiger partial charge in [-0.1, -0.05) is 25.7 Å². The van der Waals surface area contributed by atoms with E-state index in [9.17, 15) is 4.79 Å². The maximum Gasteiger partial charge on any atom is 0.225 e. The Kier molecular flexibility index (Phi) is 5.69. The molecule has 1 aliphatic carbocycles. The molecule has 0 heterocycles. The van der Waals surface area contributed by atoms with Crippen molar-refractivity contribution in [2.24, 2.45) is 11.7 Å². The molecule has 3 nitrogen and oxygen atoms in total. The van der Waals surface area contributed by atoms with Crippen molar-refractivity contribution in [2.75, 3.05) is 20.1 Å². The van der Waals surface area contributed by atoms with Crippen LogP contribution in [0, 0.1) is 5.92 Å². The molecular formula is C12H24N2O. The Morgan fingerprint density at radius 3 is 2.40 bits per heavy atom. The maximum absolute atomic E-state index is 12.0. The van der Waals surface area contributed by atoms with Crippen LogP contribution in [0.3, 0.4) is 0 Å². The summed E-state index contributed by atoms with van der Waals surface area (Å²) in [6, 6.07) is 0. The number of carbonyl (C=O) groups excluding carboxylic acids is 1. The highest BCUT2D eigenvalue weighted by Crippen LogP contribution is 2.24. The van der Waals surface area contributed by atoms with Gasteiger partial charge in [-0.25, -0.2) is 0 Å². The van der Waals surface area contributed by atoms with Gasteiger partial charge in [0, 0.05) is 19.5 Å². The van der Waals surface area contributed by atoms with Gasteiger partial charge in [0.15, 0.2) is 0 Å². The molecule has 1 amide bonds. The fourth-order valence-electron chi connectivity index (χ4n) is 2.28. The summed E-state index contributed by atoms with van der Waals surface area (Å²) in [6.45, 7) is 1.48. The smallest absolute Gasteiger partial charge is 0.225 e. The Labute approximate surface area is 93.0 Å². The molecule has 0 atom stereocenters. The fourth-order valence-corrected chi connectivity index (χ4v) is 2.28. The predicted octanol–water partition coefficient (Wildman–Crippen LogP) is 1.76. The van der Waals surface area contributed by atoms with E-state index >= 15 is 0 Å². The first-order valence-electron chi connectivity index (χ1n) is 6.20. The van der Waals surface area contributed by atoms with E-state index in [1.165, 1.54) is 25.7 Å². The molecule has 0 radical (unpaired) electrons. The summed E-state index contributed by atoms with van der Waals surface area (Å²) in [7, 11) is 1.91. The average molecular weight is 212 g/mol. The van der Waals surface area contributed by atoms with E-state index in [1.807, 2.05) is 11.9 Å². The normalized spacial score (nSPS) is 18.5. The SMILES string of the molecule is CN(CCCN)C(=O)C1CCCCCC1. The molecule has 88 valence electrons. The van der Waals surface area contributed by atoms with Gasteiger partial charge < -0.3 is 10.6 Å². The maximum atomic E-state index is 12.0. The minimum atomic E-state index is 0.287. The van der Waals surface area contributed by atoms with Crippen LogP contribution in [0.4, 0.5) is 0 Å². The van der Waals surface area contributed by atoms with Crippen molar-refractivity contribution >= 4 is 5.91 Å². The lowest BCUT2D eigenvalue weighted by atomic mass is 9.99. The van der Waals surface area contributed by atoms with Crippen LogP contribution in [0.1, 0.15) is 44.9 Å². The second kappa shape index (κ2) is 6.83. The van der Waals surface area contributed by atoms with E-state index in [2.05, 4.69) is 0 Å². The molecule has 0 aliphatic heterocycles. The number of hydrogen-bond acceptors (Lipinski definition) is 2. The van der Waals surface area contributed by atoms with Crippen molar-refractivity contribution < 1.29 is 4.79 Å². The number of hydrogen-bond donors (Lipinski definition) is 1. The number of rotatable bonds is 4. The summed E-state index contributed by atoms with van der Waals surface area (Å²) >= 11 is 0. The van der Waals surface area contributed by atoms with Crippen molar-refractivity contribution in [2.45, 2.75) is 44.9 Å². The van der Waals surface area contributed by atoms with Gasteiger partial charge in [0.1, 0.15) is 0 Å². The second-order valence-electron chi connectivity index (χ2n) is 4.59. The van der Waals surface area contributed by atoms with Gasteiger partial charge in [-0.05, 0) is 25.8 Å². The van der Waals surface area contributed by atoms with Crippen LogP contribution in [0.15, 0.2) is 0 Å². The molecular weight excluding hydrogens is 188 g/mol. The van der Waals surface area contributed by atoms with E-state index in [4.69, 9.17) is 5.73 Å². The predicted molar refractivity (Wildman–Crippen MR) is 62.5 cm³/mol. The van der Waals surface area contributed by atoms with E-state index in [1.54, 1.807) is 0 Å². The number of nitrogens with zero attached hydrogens (tertiary/aromatic N) is 1. The summed E-state index contributed by atoms with van der Waals surface area (Å²) in [6.07, 6.45) is 8.14. The highest BCUT2D eigenvalue weighted by molar-refractivity contribution is 5.78. The molecule has 3 heteroatoms. The summed E-state index contributed by atoms with van der Waals surface area (Å²) in [4.78, 5) is 13.9. The summed E-state index contributed by atoms with van der Waals surface area (Å²) in [5.74, 6) is 0.626. The zero-order valence-electron chi connectivity index (χ0n) is 9.87. The van der Waals surface area contributed by atoms with Gasteiger partial charge >= 0.3 is 0 Å². The van der Waals surface area contributed by atoms with Crippen LogP contribution >= 0.6 is 0 Å². The molecule has 1 aliphatic rings. The van der Waals surface area contributed by atoms with Crippen molar-refractivity contribution in [1.29, 1.82) is 0 Å². The first kappa shape index (κ1) is 12.5. The zero-order valence-corrected chi connectivity index (χ0v) is 9.87. The molecule has 0 aromatic rings. The highest BCUT2D eigenvalue weighted by atomic mass is 16.2. The summed E-state index contributed by atoms with van der Waals surface area (Å²) in [5.41, 5.74) is 5.44. The standard InChI is InChI=1S/C12H24N2O/c1-14(10-6-9-13)12(15)11-7-4-2-3-5-8-11/h11H,2-10,13H2,1H3. The third kappa shape index (κ3) is 4.20. The minimum absolute atomic E-state index is 0.287. The van der Waals surface area contributed by atoms with E-state index in [0.717, 1.165) is 25.8 Å². The van der Waals surface area contributed by atoms with E-state index in [-0.39, 0.29) is 5.92 Å². The Hall–Kier alpha value is -0.570. The number of nitrogens with two attached hydrogens (primary N) is 1. The first-order chi connectivity index (χ1) is 7.25. The van der Waals surface area contributed by atoms with Crippen LogP contribution < -0.4 is 5.73 Å². The average Bonchev–Trinajstić information content (AvgIpc) is 2.53. The molecule has 0 aromatic carbocycles. The van der Waals surface area contributed by atoms with Gasteiger partial charge in [0.05, 0.1) is 0 Å². The largest absolute Gasteiger partial charge is 0.345 e. The van der Waals surface area contributed by atoms with Gasteiger partial charge in [-0.3, -0.25) is 4.79 Å². The summed E-state index contributed by atoms with van der Waals surface area (Å²) in [5, 5.41) is 0. The molecule has 0 unspecified atom stereocenters.